The summed E-state index contributed by atoms with van der Waals surface area (Å²) < 4.78 is 28.3. The fraction of sp³-hybridized carbons (Fsp3) is 1.00. The van der Waals surface area contributed by atoms with Crippen molar-refractivity contribution in [2.24, 2.45) is 0 Å². The molecular formula is C12H26O5Si. The van der Waals surface area contributed by atoms with E-state index in [0.717, 1.165) is 19.4 Å². The Bertz CT molecular complexity index is 192. The molecule has 1 unspecified atom stereocenters. The maximum Gasteiger partial charge on any atom is 0.503 e. The van der Waals surface area contributed by atoms with Gasteiger partial charge >= 0.3 is 8.80 Å². The summed E-state index contributed by atoms with van der Waals surface area (Å²) in [5, 5.41) is 0. The van der Waals surface area contributed by atoms with Gasteiger partial charge in [-0.15, -0.1) is 0 Å². The van der Waals surface area contributed by atoms with E-state index in [4.69, 9.17) is 22.8 Å². The Kier molecular flexibility index (Phi) is 8.04. The smallest absolute Gasteiger partial charge is 0.374 e. The number of hydrogen-bond donors (Lipinski definition) is 0. The molecule has 1 rings (SSSR count). The van der Waals surface area contributed by atoms with Crippen molar-refractivity contribution in [2.75, 3.05) is 33.0 Å². The maximum absolute atomic E-state index is 5.75. The first-order chi connectivity index (χ1) is 8.76. The van der Waals surface area contributed by atoms with E-state index in [2.05, 4.69) is 0 Å². The summed E-state index contributed by atoms with van der Waals surface area (Å²) in [5.41, 5.74) is 0. The minimum absolute atomic E-state index is 0.0541. The van der Waals surface area contributed by atoms with Crippen molar-refractivity contribution >= 4 is 8.80 Å². The summed E-state index contributed by atoms with van der Waals surface area (Å²) in [5.74, 6) is 0. The molecule has 5 nitrogen and oxygen atoms in total. The van der Waals surface area contributed by atoms with Gasteiger partial charge in [0.15, 0.2) is 6.29 Å². The third-order valence-corrected chi connectivity index (χ3v) is 5.69. The molecule has 0 N–H and O–H groups in total. The molecule has 0 amide bonds. The van der Waals surface area contributed by atoms with Crippen LogP contribution in [-0.2, 0) is 22.8 Å². The molecule has 1 saturated heterocycles. The molecule has 1 fully saturated rings. The molecule has 0 radical (unpaired) electrons. The number of rotatable bonds is 10. The Labute approximate surface area is 111 Å². The first kappa shape index (κ1) is 16.1. The second-order valence-corrected chi connectivity index (χ2v) is 6.78. The monoisotopic (exact) mass is 278 g/mol. The van der Waals surface area contributed by atoms with Crippen molar-refractivity contribution < 1.29 is 22.8 Å². The largest absolute Gasteiger partial charge is 0.503 e. The van der Waals surface area contributed by atoms with Crippen LogP contribution in [0.5, 0.6) is 0 Å². The predicted molar refractivity (Wildman–Crippen MR) is 70.4 cm³/mol. The molecular weight excluding hydrogens is 252 g/mol. The zero-order valence-electron chi connectivity index (χ0n) is 11.8. The highest BCUT2D eigenvalue weighted by molar-refractivity contribution is 6.60. The van der Waals surface area contributed by atoms with Crippen LogP contribution < -0.4 is 0 Å². The lowest BCUT2D eigenvalue weighted by Gasteiger charge is -2.28. The molecule has 18 heavy (non-hydrogen) atoms. The lowest BCUT2D eigenvalue weighted by atomic mass is 10.4. The maximum atomic E-state index is 5.75. The Morgan fingerprint density at radius 1 is 1.06 bits per heavy atom. The van der Waals surface area contributed by atoms with Crippen molar-refractivity contribution in [3.8, 4) is 0 Å². The molecule has 0 aromatic heterocycles. The van der Waals surface area contributed by atoms with Crippen LogP contribution in [0.4, 0.5) is 0 Å². The highest BCUT2D eigenvalue weighted by Crippen LogP contribution is 2.19. The fourth-order valence-corrected chi connectivity index (χ4v) is 4.37. The van der Waals surface area contributed by atoms with Crippen LogP contribution in [0.1, 0.15) is 33.6 Å². The highest BCUT2D eigenvalue weighted by atomic mass is 28.4. The Morgan fingerprint density at radius 2 is 1.67 bits per heavy atom. The number of ether oxygens (including phenoxy) is 2. The van der Waals surface area contributed by atoms with Crippen molar-refractivity contribution in [3.63, 3.8) is 0 Å². The minimum Gasteiger partial charge on any atom is -0.374 e. The van der Waals surface area contributed by atoms with Gasteiger partial charge in [0.05, 0.1) is 6.61 Å². The van der Waals surface area contributed by atoms with E-state index in [1.165, 1.54) is 0 Å². The van der Waals surface area contributed by atoms with Crippen LogP contribution in [0.3, 0.4) is 0 Å². The van der Waals surface area contributed by atoms with Gasteiger partial charge in [-0.1, -0.05) is 0 Å². The zero-order chi connectivity index (χ0) is 13.3. The second-order valence-electron chi connectivity index (χ2n) is 4.05. The predicted octanol–water partition coefficient (Wildman–Crippen LogP) is 2.19. The molecule has 1 atom stereocenters. The van der Waals surface area contributed by atoms with Gasteiger partial charge < -0.3 is 22.8 Å². The van der Waals surface area contributed by atoms with E-state index in [-0.39, 0.29) is 6.29 Å². The van der Waals surface area contributed by atoms with Crippen molar-refractivity contribution in [1.29, 1.82) is 0 Å². The van der Waals surface area contributed by atoms with Gasteiger partial charge in [-0.25, -0.2) is 0 Å². The van der Waals surface area contributed by atoms with E-state index in [0.29, 0.717) is 32.5 Å². The van der Waals surface area contributed by atoms with Crippen LogP contribution in [0.15, 0.2) is 0 Å². The van der Waals surface area contributed by atoms with E-state index in [1.54, 1.807) is 0 Å². The average Bonchev–Trinajstić information content (AvgIpc) is 2.83. The summed E-state index contributed by atoms with van der Waals surface area (Å²) in [6.07, 6.45) is 2.00. The van der Waals surface area contributed by atoms with E-state index in [9.17, 15) is 0 Å². The molecule has 0 spiro atoms. The summed E-state index contributed by atoms with van der Waals surface area (Å²) in [7, 11) is -2.55. The molecule has 0 aromatic carbocycles. The van der Waals surface area contributed by atoms with Gasteiger partial charge in [-0.05, 0) is 27.2 Å². The van der Waals surface area contributed by atoms with Crippen LogP contribution in [0.25, 0.3) is 0 Å². The van der Waals surface area contributed by atoms with Crippen LogP contribution >= 0.6 is 0 Å². The summed E-state index contributed by atoms with van der Waals surface area (Å²) in [4.78, 5) is 0. The molecule has 1 aliphatic heterocycles. The van der Waals surface area contributed by atoms with Gasteiger partial charge in [0.1, 0.15) is 0 Å². The topological polar surface area (TPSA) is 46.2 Å². The average molecular weight is 278 g/mol. The van der Waals surface area contributed by atoms with Gasteiger partial charge in [-0.2, -0.15) is 0 Å². The van der Waals surface area contributed by atoms with Crippen LogP contribution in [0, 0.1) is 0 Å². The van der Waals surface area contributed by atoms with Crippen molar-refractivity contribution in [1.82, 2.24) is 0 Å². The van der Waals surface area contributed by atoms with Gasteiger partial charge in [-0.3, -0.25) is 0 Å². The Morgan fingerprint density at radius 3 is 2.11 bits per heavy atom. The first-order valence-corrected chi connectivity index (χ1v) is 8.84. The molecule has 0 aromatic rings. The summed E-state index contributed by atoms with van der Waals surface area (Å²) in [6, 6.07) is 0.683. The van der Waals surface area contributed by atoms with E-state index < -0.39 is 8.80 Å². The van der Waals surface area contributed by atoms with Crippen LogP contribution in [-0.4, -0.2) is 48.1 Å². The highest BCUT2D eigenvalue weighted by Gasteiger charge is 2.40. The minimum atomic E-state index is -2.55. The standard InChI is InChI=1S/C12H26O5Si/c1-4-15-18(16-5-2,17-6-3)11-10-14-12-8-7-9-13-12/h12H,4-11H2,1-3H3. The summed E-state index contributed by atoms with van der Waals surface area (Å²) in [6.45, 7) is 9.05. The van der Waals surface area contributed by atoms with Crippen molar-refractivity contribution in [3.05, 3.63) is 0 Å². The molecule has 0 saturated carbocycles. The normalized spacial score (nSPS) is 20.5. The molecule has 1 heterocycles. The molecule has 6 heteroatoms. The Balaban J connectivity index is 2.37. The van der Waals surface area contributed by atoms with Crippen LogP contribution in [0.2, 0.25) is 6.04 Å². The van der Waals surface area contributed by atoms with E-state index in [1.807, 2.05) is 20.8 Å². The molecule has 0 bridgehead atoms. The second kappa shape index (κ2) is 9.01. The third kappa shape index (κ3) is 5.34. The lowest BCUT2D eigenvalue weighted by molar-refractivity contribution is -0.109. The summed E-state index contributed by atoms with van der Waals surface area (Å²) >= 11 is 0. The molecule has 108 valence electrons. The van der Waals surface area contributed by atoms with Gasteiger partial charge in [0.2, 0.25) is 0 Å². The third-order valence-electron chi connectivity index (χ3n) is 2.69. The SMILES string of the molecule is CCO[Si](CCOC1CCCO1)(OCC)OCC. The first-order valence-electron chi connectivity index (χ1n) is 6.91. The Hall–Kier alpha value is 0.0169. The van der Waals surface area contributed by atoms with Crippen molar-refractivity contribution in [2.45, 2.75) is 45.9 Å². The lowest BCUT2D eigenvalue weighted by Crippen LogP contribution is -2.47. The van der Waals surface area contributed by atoms with E-state index >= 15 is 0 Å². The zero-order valence-corrected chi connectivity index (χ0v) is 12.8. The number of hydrogen-bond acceptors (Lipinski definition) is 5. The molecule has 1 aliphatic rings. The quantitative estimate of drug-likeness (QED) is 0.573. The van der Waals surface area contributed by atoms with Gasteiger partial charge in [0.25, 0.3) is 0 Å². The van der Waals surface area contributed by atoms with Gasteiger partial charge in [0, 0.05) is 38.9 Å². The fourth-order valence-electron chi connectivity index (χ4n) is 2.00. The molecule has 0 aliphatic carbocycles.